The summed E-state index contributed by atoms with van der Waals surface area (Å²) in [6.45, 7) is 4.57. The van der Waals surface area contributed by atoms with E-state index in [-0.39, 0.29) is 22.0 Å². The van der Waals surface area contributed by atoms with Crippen LogP contribution in [0.15, 0.2) is 22.6 Å². The molecule has 0 fully saturated rings. The predicted molar refractivity (Wildman–Crippen MR) is 110 cm³/mol. The summed E-state index contributed by atoms with van der Waals surface area (Å²) in [5.41, 5.74) is 0.481. The van der Waals surface area contributed by atoms with Gasteiger partial charge in [0, 0.05) is 13.1 Å². The fourth-order valence-corrected chi connectivity index (χ4v) is 3.58. The molecule has 10 heteroatoms. The molecule has 9 nitrogen and oxygen atoms in total. The number of carbonyl (C=O) groups excluding carboxylic acids is 4. The highest BCUT2D eigenvalue weighted by Crippen LogP contribution is 2.33. The molecule has 160 valence electrons. The fourth-order valence-electron chi connectivity index (χ4n) is 2.42. The number of thiophene rings is 1. The second-order valence-corrected chi connectivity index (χ2v) is 7.02. The molecular formula is C20H22N2O7S. The quantitative estimate of drug-likeness (QED) is 0.483. The predicted octanol–water partition coefficient (Wildman–Crippen LogP) is 2.69. The van der Waals surface area contributed by atoms with Crippen molar-refractivity contribution in [2.24, 2.45) is 0 Å². The molecule has 2 aromatic heterocycles. The molecule has 0 radical (unpaired) electrons. The first-order chi connectivity index (χ1) is 14.3. The van der Waals surface area contributed by atoms with E-state index < -0.39 is 30.4 Å². The second kappa shape index (κ2) is 10.4. The molecule has 0 spiro atoms. The monoisotopic (exact) mass is 434 g/mol. The van der Waals surface area contributed by atoms with E-state index in [2.05, 4.69) is 10.6 Å². The number of nitrogens with one attached hydrogen (secondary N) is 2. The van der Waals surface area contributed by atoms with Crippen LogP contribution in [0.5, 0.6) is 0 Å². The van der Waals surface area contributed by atoms with Gasteiger partial charge in [0.25, 0.3) is 11.8 Å². The van der Waals surface area contributed by atoms with E-state index in [0.29, 0.717) is 17.1 Å². The summed E-state index contributed by atoms with van der Waals surface area (Å²) >= 11 is 0.934. The molecule has 0 aromatic carbocycles. The lowest BCUT2D eigenvalue weighted by atomic mass is 10.1. The molecule has 0 saturated carbocycles. The number of rotatable bonds is 8. The SMILES string of the molecule is CCOC(=O)c1c(NC(=O)COC(=O)C=Cc2ccc(C)o2)sc(C(=O)NC)c1C. The molecule has 2 heterocycles. The van der Waals surface area contributed by atoms with Crippen LogP contribution < -0.4 is 10.6 Å². The topological polar surface area (TPSA) is 124 Å². The van der Waals surface area contributed by atoms with Crippen LogP contribution in [0.4, 0.5) is 5.00 Å². The Morgan fingerprint density at radius 2 is 1.90 bits per heavy atom. The maximum absolute atomic E-state index is 12.3. The molecule has 2 aromatic rings. The molecule has 2 N–H and O–H groups in total. The Hall–Kier alpha value is -3.40. The van der Waals surface area contributed by atoms with Crippen LogP contribution in [-0.2, 0) is 19.1 Å². The number of hydrogen-bond donors (Lipinski definition) is 2. The third-order valence-electron chi connectivity index (χ3n) is 3.80. The van der Waals surface area contributed by atoms with Crippen molar-refractivity contribution in [3.05, 3.63) is 45.7 Å². The van der Waals surface area contributed by atoms with Crippen molar-refractivity contribution in [2.75, 3.05) is 25.6 Å². The Labute approximate surface area is 177 Å². The first-order valence-corrected chi connectivity index (χ1v) is 9.82. The van der Waals surface area contributed by atoms with Crippen LogP contribution in [0.1, 0.15) is 44.0 Å². The summed E-state index contributed by atoms with van der Waals surface area (Å²) in [4.78, 5) is 48.5. The van der Waals surface area contributed by atoms with Crippen molar-refractivity contribution in [1.82, 2.24) is 5.32 Å². The van der Waals surface area contributed by atoms with E-state index in [0.717, 1.165) is 17.4 Å². The van der Waals surface area contributed by atoms with E-state index in [9.17, 15) is 19.2 Å². The Morgan fingerprint density at radius 3 is 2.50 bits per heavy atom. The first-order valence-electron chi connectivity index (χ1n) is 9.00. The zero-order valence-electron chi connectivity index (χ0n) is 17.0. The fraction of sp³-hybridized carbons (Fsp3) is 0.300. The molecule has 0 saturated heterocycles. The molecule has 0 aliphatic heterocycles. The van der Waals surface area contributed by atoms with Crippen molar-refractivity contribution in [3.63, 3.8) is 0 Å². The van der Waals surface area contributed by atoms with Gasteiger partial charge in [-0.2, -0.15) is 0 Å². The number of furan rings is 1. The van der Waals surface area contributed by atoms with Crippen molar-refractivity contribution in [1.29, 1.82) is 0 Å². The van der Waals surface area contributed by atoms with E-state index >= 15 is 0 Å². The van der Waals surface area contributed by atoms with Crippen LogP contribution >= 0.6 is 11.3 Å². The molecule has 2 amide bonds. The van der Waals surface area contributed by atoms with Gasteiger partial charge >= 0.3 is 11.9 Å². The molecule has 0 unspecified atom stereocenters. The summed E-state index contributed by atoms with van der Waals surface area (Å²) < 4.78 is 15.2. The van der Waals surface area contributed by atoms with Crippen molar-refractivity contribution >= 4 is 46.2 Å². The molecule has 0 bridgehead atoms. The highest BCUT2D eigenvalue weighted by molar-refractivity contribution is 7.18. The minimum absolute atomic E-state index is 0.0909. The largest absolute Gasteiger partial charge is 0.462 e. The van der Waals surface area contributed by atoms with Crippen LogP contribution in [0.25, 0.3) is 6.08 Å². The van der Waals surface area contributed by atoms with Crippen LogP contribution in [0, 0.1) is 13.8 Å². The highest BCUT2D eigenvalue weighted by atomic mass is 32.1. The van der Waals surface area contributed by atoms with Gasteiger partial charge in [-0.25, -0.2) is 9.59 Å². The average Bonchev–Trinajstić information content (AvgIpc) is 3.27. The number of aryl methyl sites for hydroxylation is 1. The minimum atomic E-state index is -0.738. The number of ether oxygens (including phenoxy) is 2. The van der Waals surface area contributed by atoms with Gasteiger partial charge in [0.05, 0.1) is 17.0 Å². The van der Waals surface area contributed by atoms with Crippen molar-refractivity contribution < 1.29 is 33.1 Å². The molecular weight excluding hydrogens is 412 g/mol. The molecule has 30 heavy (non-hydrogen) atoms. The van der Waals surface area contributed by atoms with E-state index in [1.54, 1.807) is 32.9 Å². The van der Waals surface area contributed by atoms with E-state index in [1.807, 2.05) is 0 Å². The average molecular weight is 434 g/mol. The maximum Gasteiger partial charge on any atom is 0.341 e. The van der Waals surface area contributed by atoms with Gasteiger partial charge in [0.15, 0.2) is 6.61 Å². The maximum atomic E-state index is 12.3. The smallest absolute Gasteiger partial charge is 0.341 e. The summed E-state index contributed by atoms with van der Waals surface area (Å²) in [5, 5.41) is 5.13. The lowest BCUT2D eigenvalue weighted by molar-refractivity contribution is -0.142. The standard InChI is InChI=1S/C20H22N2O7S/c1-5-27-20(26)16-12(3)17(18(25)21-4)30-19(16)22-14(23)10-28-15(24)9-8-13-7-6-11(2)29-13/h6-9H,5,10H2,1-4H3,(H,21,25)(H,22,23). The lowest BCUT2D eigenvalue weighted by Gasteiger charge is -2.07. The highest BCUT2D eigenvalue weighted by Gasteiger charge is 2.26. The number of hydrogen-bond acceptors (Lipinski definition) is 8. The van der Waals surface area contributed by atoms with E-state index in [1.165, 1.54) is 13.1 Å². The van der Waals surface area contributed by atoms with Gasteiger partial charge < -0.3 is 24.5 Å². The van der Waals surface area contributed by atoms with Crippen LogP contribution in [0.2, 0.25) is 0 Å². The summed E-state index contributed by atoms with van der Waals surface area (Å²) in [5.74, 6) is -1.29. The summed E-state index contributed by atoms with van der Waals surface area (Å²) in [6.07, 6.45) is 2.55. The molecule has 0 aliphatic carbocycles. The lowest BCUT2D eigenvalue weighted by Crippen LogP contribution is -2.21. The number of carbonyl (C=O) groups is 4. The van der Waals surface area contributed by atoms with Gasteiger partial charge in [0.1, 0.15) is 16.5 Å². The van der Waals surface area contributed by atoms with E-state index in [4.69, 9.17) is 13.9 Å². The minimum Gasteiger partial charge on any atom is -0.462 e. The third kappa shape index (κ3) is 5.80. The van der Waals surface area contributed by atoms with Gasteiger partial charge in [0.2, 0.25) is 0 Å². The normalized spacial score (nSPS) is 10.7. The number of amides is 2. The molecule has 0 atom stereocenters. The Kier molecular flexibility index (Phi) is 7.93. The number of anilines is 1. The number of esters is 2. The Bertz CT molecular complexity index is 987. The Balaban J connectivity index is 2.06. The second-order valence-electron chi connectivity index (χ2n) is 6.00. The van der Waals surface area contributed by atoms with Gasteiger partial charge in [-0.05, 0) is 44.5 Å². The van der Waals surface area contributed by atoms with Crippen LogP contribution in [-0.4, -0.2) is 44.0 Å². The zero-order valence-corrected chi connectivity index (χ0v) is 17.8. The molecule has 2 rings (SSSR count). The van der Waals surface area contributed by atoms with Gasteiger partial charge in [-0.1, -0.05) is 0 Å². The van der Waals surface area contributed by atoms with Gasteiger partial charge in [-0.15, -0.1) is 11.3 Å². The third-order valence-corrected chi connectivity index (χ3v) is 5.01. The molecule has 0 aliphatic rings. The zero-order chi connectivity index (χ0) is 22.3. The van der Waals surface area contributed by atoms with Gasteiger partial charge in [-0.3, -0.25) is 9.59 Å². The first kappa shape index (κ1) is 22.9. The summed E-state index contributed by atoms with van der Waals surface area (Å²) in [6, 6.07) is 3.43. The van der Waals surface area contributed by atoms with Crippen LogP contribution in [0.3, 0.4) is 0 Å². The van der Waals surface area contributed by atoms with Crippen molar-refractivity contribution in [2.45, 2.75) is 20.8 Å². The van der Waals surface area contributed by atoms with Crippen molar-refractivity contribution in [3.8, 4) is 0 Å². The summed E-state index contributed by atoms with van der Waals surface area (Å²) in [7, 11) is 1.46. The Morgan fingerprint density at radius 1 is 1.17 bits per heavy atom.